The lowest BCUT2D eigenvalue weighted by atomic mass is 10.3. The molecule has 0 amide bonds. The Hall–Kier alpha value is -1.10. The first-order chi connectivity index (χ1) is 6.83. The zero-order valence-corrected chi connectivity index (χ0v) is 9.51. The van der Waals surface area contributed by atoms with Gasteiger partial charge in [-0.05, 0) is 24.1 Å². The molecule has 2 N–H and O–H groups in total. The van der Waals surface area contributed by atoms with Crippen molar-refractivity contribution >= 4 is 15.5 Å². The first-order valence-corrected chi connectivity index (χ1v) is 6.26. The van der Waals surface area contributed by atoms with Gasteiger partial charge in [0.2, 0.25) is 0 Å². The number of halogens is 1. The molecule has 0 radical (unpaired) electrons. The molecule has 0 aliphatic heterocycles. The molecule has 0 saturated heterocycles. The van der Waals surface area contributed by atoms with Crippen LogP contribution in [-0.2, 0) is 9.84 Å². The Morgan fingerprint density at radius 3 is 2.47 bits per heavy atom. The summed E-state index contributed by atoms with van der Waals surface area (Å²) in [7, 11) is -3.39. The van der Waals surface area contributed by atoms with Gasteiger partial charge >= 0.3 is 0 Å². The second-order valence-corrected chi connectivity index (χ2v) is 5.89. The van der Waals surface area contributed by atoms with E-state index >= 15 is 0 Å². The van der Waals surface area contributed by atoms with Crippen molar-refractivity contribution in [2.24, 2.45) is 5.92 Å². The van der Waals surface area contributed by atoms with Crippen LogP contribution in [0.25, 0.3) is 0 Å². The first-order valence-electron chi connectivity index (χ1n) is 4.60. The minimum absolute atomic E-state index is 0.00983. The fraction of sp³-hybridized carbons (Fsp3) is 0.400. The normalized spacial score (nSPS) is 12.0. The number of sulfone groups is 1. The molecular formula is C10H14FNO2S. The predicted octanol–water partition coefficient (Wildman–Crippen LogP) is 1.84. The zero-order chi connectivity index (χ0) is 11.6. The monoisotopic (exact) mass is 231 g/mol. The number of hydrogen-bond donors (Lipinski definition) is 1. The summed E-state index contributed by atoms with van der Waals surface area (Å²) in [5.74, 6) is -0.674. The molecule has 0 saturated carbocycles. The molecule has 5 heteroatoms. The van der Waals surface area contributed by atoms with Crippen LogP contribution in [0.2, 0.25) is 0 Å². The third-order valence-electron chi connectivity index (χ3n) is 1.88. The van der Waals surface area contributed by atoms with Gasteiger partial charge in [-0.15, -0.1) is 0 Å². The Balaban J connectivity index is 3.11. The third-order valence-corrected chi connectivity index (χ3v) is 3.96. The van der Waals surface area contributed by atoms with Gasteiger partial charge in [-0.25, -0.2) is 12.8 Å². The fourth-order valence-electron chi connectivity index (χ4n) is 1.24. The molecule has 1 aromatic carbocycles. The number of anilines is 1. The van der Waals surface area contributed by atoms with Crippen LogP contribution in [0, 0.1) is 11.7 Å². The van der Waals surface area contributed by atoms with Crippen LogP contribution in [0.1, 0.15) is 13.8 Å². The smallest absolute Gasteiger partial charge is 0.178 e. The predicted molar refractivity (Wildman–Crippen MR) is 57.7 cm³/mol. The van der Waals surface area contributed by atoms with Crippen LogP contribution in [0.5, 0.6) is 0 Å². The molecule has 0 unspecified atom stereocenters. The van der Waals surface area contributed by atoms with E-state index in [2.05, 4.69) is 0 Å². The Kier molecular flexibility index (Phi) is 3.34. The highest BCUT2D eigenvalue weighted by Crippen LogP contribution is 2.18. The molecule has 0 spiro atoms. The number of nitrogens with two attached hydrogens (primary N) is 1. The van der Waals surface area contributed by atoms with Gasteiger partial charge in [-0.3, -0.25) is 0 Å². The average molecular weight is 231 g/mol. The zero-order valence-electron chi connectivity index (χ0n) is 8.70. The summed E-state index contributed by atoms with van der Waals surface area (Å²) >= 11 is 0. The molecule has 0 aromatic heterocycles. The van der Waals surface area contributed by atoms with Crippen LogP contribution in [-0.4, -0.2) is 14.2 Å². The maximum Gasteiger partial charge on any atom is 0.178 e. The number of hydrogen-bond acceptors (Lipinski definition) is 3. The van der Waals surface area contributed by atoms with Crippen LogP contribution >= 0.6 is 0 Å². The number of benzene rings is 1. The van der Waals surface area contributed by atoms with Crippen molar-refractivity contribution in [2.75, 3.05) is 11.5 Å². The largest absolute Gasteiger partial charge is 0.396 e. The Labute approximate surface area is 89.0 Å². The molecule has 0 atom stereocenters. The Morgan fingerprint density at radius 2 is 2.00 bits per heavy atom. The molecule has 0 bridgehead atoms. The molecule has 0 heterocycles. The molecule has 1 aromatic rings. The summed E-state index contributed by atoms with van der Waals surface area (Å²) in [6.07, 6.45) is 0. The summed E-state index contributed by atoms with van der Waals surface area (Å²) in [6.45, 7) is 3.59. The van der Waals surface area contributed by atoms with Crippen molar-refractivity contribution in [3.8, 4) is 0 Å². The van der Waals surface area contributed by atoms with Crippen molar-refractivity contribution < 1.29 is 12.8 Å². The maximum absolute atomic E-state index is 13.1. The van der Waals surface area contributed by atoms with Gasteiger partial charge in [-0.1, -0.05) is 13.8 Å². The topological polar surface area (TPSA) is 60.2 Å². The summed E-state index contributed by atoms with van der Waals surface area (Å²) in [6, 6.07) is 3.56. The summed E-state index contributed by atoms with van der Waals surface area (Å²) in [5.41, 5.74) is 5.22. The van der Waals surface area contributed by atoms with E-state index in [4.69, 9.17) is 5.73 Å². The van der Waals surface area contributed by atoms with Crippen molar-refractivity contribution in [2.45, 2.75) is 18.7 Å². The quantitative estimate of drug-likeness (QED) is 0.807. The lowest BCUT2D eigenvalue weighted by molar-refractivity contribution is 0.579. The SMILES string of the molecule is CC(C)CS(=O)(=O)c1ccc(N)c(F)c1. The van der Waals surface area contributed by atoms with Crippen molar-refractivity contribution in [3.63, 3.8) is 0 Å². The van der Waals surface area contributed by atoms with Gasteiger partial charge in [0.25, 0.3) is 0 Å². The van der Waals surface area contributed by atoms with E-state index in [0.29, 0.717) is 0 Å². The van der Waals surface area contributed by atoms with Crippen LogP contribution < -0.4 is 5.73 Å². The van der Waals surface area contributed by atoms with Gasteiger partial charge in [0.1, 0.15) is 5.82 Å². The second kappa shape index (κ2) is 4.18. The molecule has 15 heavy (non-hydrogen) atoms. The lowest BCUT2D eigenvalue weighted by Crippen LogP contribution is -2.12. The van der Waals surface area contributed by atoms with Crippen LogP contribution in [0.4, 0.5) is 10.1 Å². The number of nitrogen functional groups attached to an aromatic ring is 1. The maximum atomic E-state index is 13.1. The molecule has 3 nitrogen and oxygen atoms in total. The van der Waals surface area contributed by atoms with Gasteiger partial charge in [-0.2, -0.15) is 0 Å². The van der Waals surface area contributed by atoms with Gasteiger partial charge in [0, 0.05) is 0 Å². The minimum Gasteiger partial charge on any atom is -0.396 e. The van der Waals surface area contributed by atoms with Crippen molar-refractivity contribution in [3.05, 3.63) is 24.0 Å². The highest BCUT2D eigenvalue weighted by molar-refractivity contribution is 7.91. The van der Waals surface area contributed by atoms with Crippen molar-refractivity contribution in [1.29, 1.82) is 0 Å². The summed E-state index contributed by atoms with van der Waals surface area (Å²) in [5, 5.41) is 0. The van der Waals surface area contributed by atoms with Crippen LogP contribution in [0.3, 0.4) is 0 Å². The fourth-order valence-corrected chi connectivity index (χ4v) is 2.86. The molecule has 0 aliphatic rings. The lowest BCUT2D eigenvalue weighted by Gasteiger charge is -2.07. The average Bonchev–Trinajstić information content (AvgIpc) is 2.07. The van der Waals surface area contributed by atoms with Gasteiger partial charge < -0.3 is 5.73 Å². The Bertz CT molecular complexity index is 454. The summed E-state index contributed by atoms with van der Waals surface area (Å²) in [4.78, 5) is -0.0112. The van der Waals surface area contributed by atoms with E-state index < -0.39 is 15.7 Å². The number of rotatable bonds is 3. The van der Waals surface area contributed by atoms with E-state index in [-0.39, 0.29) is 22.3 Å². The first kappa shape index (κ1) is 12.0. The van der Waals surface area contributed by atoms with Crippen LogP contribution in [0.15, 0.2) is 23.1 Å². The van der Waals surface area contributed by atoms with Crippen molar-refractivity contribution in [1.82, 2.24) is 0 Å². The van der Waals surface area contributed by atoms with E-state index in [1.807, 2.05) is 0 Å². The van der Waals surface area contributed by atoms with Gasteiger partial charge in [0.15, 0.2) is 9.84 Å². The van der Waals surface area contributed by atoms with E-state index in [1.54, 1.807) is 13.8 Å². The van der Waals surface area contributed by atoms with E-state index in [9.17, 15) is 12.8 Å². The second-order valence-electron chi connectivity index (χ2n) is 3.86. The van der Waals surface area contributed by atoms with E-state index in [1.165, 1.54) is 12.1 Å². The highest BCUT2D eigenvalue weighted by atomic mass is 32.2. The van der Waals surface area contributed by atoms with Gasteiger partial charge in [0.05, 0.1) is 16.3 Å². The minimum atomic E-state index is -3.39. The third kappa shape index (κ3) is 2.92. The standard InChI is InChI=1S/C10H14FNO2S/c1-7(2)6-15(13,14)8-3-4-10(12)9(11)5-8/h3-5,7H,6,12H2,1-2H3. The molecule has 1 rings (SSSR count). The highest BCUT2D eigenvalue weighted by Gasteiger charge is 2.17. The Morgan fingerprint density at radius 1 is 1.40 bits per heavy atom. The molecular weight excluding hydrogens is 217 g/mol. The van der Waals surface area contributed by atoms with E-state index in [0.717, 1.165) is 6.07 Å². The molecule has 0 fully saturated rings. The molecule has 0 aliphatic carbocycles. The molecule has 84 valence electrons. The summed E-state index contributed by atoms with van der Waals surface area (Å²) < 4.78 is 36.5.